The molecule has 2 heteroatoms. The maximum atomic E-state index is 9.24. The van der Waals surface area contributed by atoms with Crippen LogP contribution in [0, 0.1) is 11.8 Å². The Morgan fingerprint density at radius 1 is 1.13 bits per heavy atom. The third kappa shape index (κ3) is 4.98. The lowest BCUT2D eigenvalue weighted by atomic mass is 10.2. The lowest BCUT2D eigenvalue weighted by Crippen LogP contribution is -2.29. The Morgan fingerprint density at radius 2 is 1.67 bits per heavy atom. The van der Waals surface area contributed by atoms with E-state index in [0.717, 1.165) is 24.7 Å². The first-order chi connectivity index (χ1) is 7.24. The van der Waals surface area contributed by atoms with Gasteiger partial charge in [-0.05, 0) is 63.8 Å². The van der Waals surface area contributed by atoms with E-state index < -0.39 is 0 Å². The molecule has 2 nitrogen and oxygen atoms in total. The highest BCUT2D eigenvalue weighted by Crippen LogP contribution is 2.33. The largest absolute Gasteiger partial charge is 0.393 e. The average molecular weight is 211 g/mol. The Hall–Kier alpha value is -0.0800. The molecule has 1 unspecified atom stereocenters. The van der Waals surface area contributed by atoms with Gasteiger partial charge in [0.25, 0.3) is 0 Å². The van der Waals surface area contributed by atoms with Gasteiger partial charge < -0.3 is 10.0 Å². The molecule has 2 fully saturated rings. The van der Waals surface area contributed by atoms with Crippen molar-refractivity contribution in [1.82, 2.24) is 4.90 Å². The molecule has 0 radical (unpaired) electrons. The topological polar surface area (TPSA) is 23.5 Å². The van der Waals surface area contributed by atoms with Crippen molar-refractivity contribution in [3.63, 3.8) is 0 Å². The van der Waals surface area contributed by atoms with E-state index in [4.69, 9.17) is 0 Å². The zero-order valence-electron chi connectivity index (χ0n) is 9.99. The van der Waals surface area contributed by atoms with Crippen molar-refractivity contribution in [3.8, 4) is 0 Å². The second-order valence-corrected chi connectivity index (χ2v) is 5.64. The van der Waals surface area contributed by atoms with Crippen LogP contribution in [0.3, 0.4) is 0 Å². The van der Waals surface area contributed by atoms with Crippen LogP contribution in [0.5, 0.6) is 0 Å². The van der Waals surface area contributed by atoms with E-state index in [0.29, 0.717) is 0 Å². The molecule has 0 saturated heterocycles. The smallest absolute Gasteiger partial charge is 0.0512 e. The summed E-state index contributed by atoms with van der Waals surface area (Å²) in [4.78, 5) is 2.65. The van der Waals surface area contributed by atoms with Crippen LogP contribution in [-0.4, -0.2) is 35.7 Å². The monoisotopic (exact) mass is 211 g/mol. The summed E-state index contributed by atoms with van der Waals surface area (Å²) in [5.74, 6) is 2.02. The third-order valence-corrected chi connectivity index (χ3v) is 3.52. The SMILES string of the molecule is CC(O)CCCN(CC1CC1)CC1CC1. The third-order valence-electron chi connectivity index (χ3n) is 3.52. The molecule has 0 aromatic carbocycles. The van der Waals surface area contributed by atoms with Crippen molar-refractivity contribution in [1.29, 1.82) is 0 Å². The molecule has 1 N–H and O–H groups in total. The minimum atomic E-state index is -0.117. The fourth-order valence-electron chi connectivity index (χ4n) is 2.20. The Labute approximate surface area is 93.7 Å². The van der Waals surface area contributed by atoms with E-state index in [1.54, 1.807) is 0 Å². The van der Waals surface area contributed by atoms with Crippen molar-refractivity contribution in [2.75, 3.05) is 19.6 Å². The molecule has 0 bridgehead atoms. The maximum Gasteiger partial charge on any atom is 0.0512 e. The predicted molar refractivity (Wildman–Crippen MR) is 62.8 cm³/mol. The molecule has 88 valence electrons. The fourth-order valence-corrected chi connectivity index (χ4v) is 2.20. The fraction of sp³-hybridized carbons (Fsp3) is 1.00. The molecule has 0 spiro atoms. The molecule has 2 saturated carbocycles. The quantitative estimate of drug-likeness (QED) is 0.666. The van der Waals surface area contributed by atoms with Gasteiger partial charge in [-0.25, -0.2) is 0 Å². The molecule has 0 amide bonds. The number of aliphatic hydroxyl groups is 1. The van der Waals surface area contributed by atoms with E-state index >= 15 is 0 Å². The van der Waals surface area contributed by atoms with Crippen molar-refractivity contribution in [3.05, 3.63) is 0 Å². The van der Waals surface area contributed by atoms with Gasteiger partial charge in [0, 0.05) is 13.1 Å². The zero-order valence-corrected chi connectivity index (χ0v) is 9.99. The number of hydrogen-bond acceptors (Lipinski definition) is 2. The van der Waals surface area contributed by atoms with Crippen LogP contribution in [0.15, 0.2) is 0 Å². The summed E-state index contributed by atoms with van der Waals surface area (Å²) in [6, 6.07) is 0. The van der Waals surface area contributed by atoms with Gasteiger partial charge in [0.15, 0.2) is 0 Å². The van der Waals surface area contributed by atoms with Crippen molar-refractivity contribution in [2.45, 2.75) is 51.6 Å². The Bertz CT molecular complexity index is 171. The first-order valence-electron chi connectivity index (χ1n) is 6.64. The molecular formula is C13H25NO. The summed E-state index contributed by atoms with van der Waals surface area (Å²) in [7, 11) is 0. The Kier molecular flexibility index (Phi) is 4.04. The van der Waals surface area contributed by atoms with E-state index in [-0.39, 0.29) is 6.10 Å². The molecule has 0 aromatic rings. The van der Waals surface area contributed by atoms with Crippen LogP contribution in [0.4, 0.5) is 0 Å². The molecule has 15 heavy (non-hydrogen) atoms. The first-order valence-corrected chi connectivity index (χ1v) is 6.64. The second-order valence-electron chi connectivity index (χ2n) is 5.64. The molecular weight excluding hydrogens is 186 g/mol. The van der Waals surface area contributed by atoms with E-state index in [9.17, 15) is 5.11 Å². The minimum Gasteiger partial charge on any atom is -0.393 e. The molecule has 2 aliphatic rings. The van der Waals surface area contributed by atoms with Gasteiger partial charge >= 0.3 is 0 Å². The van der Waals surface area contributed by atoms with E-state index in [2.05, 4.69) is 4.90 Å². The van der Waals surface area contributed by atoms with Crippen LogP contribution in [0.2, 0.25) is 0 Å². The normalized spacial score (nSPS) is 23.4. The van der Waals surface area contributed by atoms with E-state index in [1.165, 1.54) is 45.3 Å². The maximum absolute atomic E-state index is 9.24. The molecule has 1 atom stereocenters. The van der Waals surface area contributed by atoms with Gasteiger partial charge in [0.1, 0.15) is 0 Å². The number of nitrogens with zero attached hydrogens (tertiary/aromatic N) is 1. The average Bonchev–Trinajstić information content (AvgIpc) is 2.97. The summed E-state index contributed by atoms with van der Waals surface area (Å²) in [6.45, 7) is 5.76. The summed E-state index contributed by atoms with van der Waals surface area (Å²) in [5, 5.41) is 9.24. The predicted octanol–water partition coefficient (Wildman–Crippen LogP) is 2.27. The second kappa shape index (κ2) is 5.31. The molecule has 0 heterocycles. The summed E-state index contributed by atoms with van der Waals surface area (Å²) < 4.78 is 0. The Balaban J connectivity index is 1.61. The van der Waals surface area contributed by atoms with Crippen molar-refractivity contribution in [2.24, 2.45) is 11.8 Å². The molecule has 2 rings (SSSR count). The highest BCUT2D eigenvalue weighted by atomic mass is 16.3. The van der Waals surface area contributed by atoms with Crippen LogP contribution in [0.1, 0.15) is 45.4 Å². The van der Waals surface area contributed by atoms with Crippen LogP contribution in [-0.2, 0) is 0 Å². The molecule has 2 aliphatic carbocycles. The summed E-state index contributed by atoms with van der Waals surface area (Å²) in [6.07, 6.45) is 7.83. The van der Waals surface area contributed by atoms with Crippen molar-refractivity contribution >= 4 is 0 Å². The summed E-state index contributed by atoms with van der Waals surface area (Å²) in [5.41, 5.74) is 0. The lowest BCUT2D eigenvalue weighted by Gasteiger charge is -2.22. The van der Waals surface area contributed by atoms with Crippen LogP contribution >= 0.6 is 0 Å². The van der Waals surface area contributed by atoms with Gasteiger partial charge in [-0.15, -0.1) is 0 Å². The molecule has 0 aromatic heterocycles. The zero-order chi connectivity index (χ0) is 10.7. The highest BCUT2D eigenvalue weighted by molar-refractivity contribution is 4.82. The number of rotatable bonds is 8. The van der Waals surface area contributed by atoms with Gasteiger partial charge in [0.05, 0.1) is 6.10 Å². The minimum absolute atomic E-state index is 0.117. The number of hydrogen-bond donors (Lipinski definition) is 1. The van der Waals surface area contributed by atoms with Crippen LogP contribution < -0.4 is 0 Å². The van der Waals surface area contributed by atoms with E-state index in [1.807, 2.05) is 6.92 Å². The number of aliphatic hydroxyl groups excluding tert-OH is 1. The lowest BCUT2D eigenvalue weighted by molar-refractivity contribution is 0.168. The first kappa shape index (κ1) is 11.4. The standard InChI is InChI=1S/C13H25NO/c1-11(15)3-2-8-14(9-12-4-5-12)10-13-6-7-13/h11-13,15H,2-10H2,1H3. The Morgan fingerprint density at radius 3 is 2.07 bits per heavy atom. The van der Waals surface area contributed by atoms with Gasteiger partial charge in [-0.1, -0.05) is 0 Å². The molecule has 0 aliphatic heterocycles. The van der Waals surface area contributed by atoms with Gasteiger partial charge in [0.2, 0.25) is 0 Å². The van der Waals surface area contributed by atoms with Gasteiger partial charge in [-0.3, -0.25) is 0 Å². The summed E-state index contributed by atoms with van der Waals surface area (Å²) >= 11 is 0. The highest BCUT2D eigenvalue weighted by Gasteiger charge is 2.28. The van der Waals surface area contributed by atoms with Gasteiger partial charge in [-0.2, -0.15) is 0 Å². The van der Waals surface area contributed by atoms with Crippen LogP contribution in [0.25, 0.3) is 0 Å². The van der Waals surface area contributed by atoms with Crippen molar-refractivity contribution < 1.29 is 5.11 Å².